The number of methoxy groups -OCH3 is 1. The topological polar surface area (TPSA) is 62.7 Å². The van der Waals surface area contributed by atoms with Gasteiger partial charge in [0.05, 0.1) is 6.61 Å². The zero-order chi connectivity index (χ0) is 18.1. The van der Waals surface area contributed by atoms with Crippen molar-refractivity contribution in [2.45, 2.75) is 57.1 Å². The highest BCUT2D eigenvalue weighted by Gasteiger charge is 2.26. The van der Waals surface area contributed by atoms with Crippen LogP contribution in [0.25, 0.3) is 0 Å². The van der Waals surface area contributed by atoms with Crippen molar-refractivity contribution in [1.82, 2.24) is 10.6 Å². The third-order valence-electron chi connectivity index (χ3n) is 4.71. The quantitative estimate of drug-likeness (QED) is 0.576. The Labute approximate surface area is 154 Å². The number of rotatable bonds is 7. The summed E-state index contributed by atoms with van der Waals surface area (Å²) in [6, 6.07) is 8.60. The molecular formula is C19H31N3O2S. The second kappa shape index (κ2) is 10.6. The molecule has 0 radical (unpaired) electrons. The third-order valence-corrected chi connectivity index (χ3v) is 6.45. The Balaban J connectivity index is 1.90. The SMILES string of the molecule is CCS(=O)C1CCCC(NC(=NC)NCc2ccccc2COC)C1. The third kappa shape index (κ3) is 6.12. The standard InChI is InChI=1S/C19H31N3O2S/c1-4-25(23)18-11-7-10-17(12-18)22-19(20-2)21-13-15-8-5-6-9-16(15)14-24-3/h5-6,8-9,17-18H,4,7,10-14H2,1-3H3,(H2,20,21,22). The molecule has 1 aromatic carbocycles. The maximum absolute atomic E-state index is 12.1. The van der Waals surface area contributed by atoms with E-state index >= 15 is 0 Å². The van der Waals surface area contributed by atoms with Crippen molar-refractivity contribution in [3.05, 3.63) is 35.4 Å². The lowest BCUT2D eigenvalue weighted by Gasteiger charge is -2.30. The summed E-state index contributed by atoms with van der Waals surface area (Å²) in [4.78, 5) is 4.35. The number of hydrogen-bond donors (Lipinski definition) is 2. The van der Waals surface area contributed by atoms with E-state index in [2.05, 4.69) is 27.8 Å². The molecule has 1 aromatic rings. The molecule has 0 amide bonds. The molecule has 1 saturated carbocycles. The number of ether oxygens (including phenoxy) is 1. The first-order valence-corrected chi connectivity index (χ1v) is 10.5. The molecule has 0 aliphatic heterocycles. The van der Waals surface area contributed by atoms with E-state index in [9.17, 15) is 4.21 Å². The Hall–Kier alpha value is -1.40. The van der Waals surface area contributed by atoms with Gasteiger partial charge in [-0.05, 0) is 30.4 Å². The summed E-state index contributed by atoms with van der Waals surface area (Å²) in [7, 11) is 2.80. The average molecular weight is 366 g/mol. The van der Waals surface area contributed by atoms with Gasteiger partial charge >= 0.3 is 0 Å². The van der Waals surface area contributed by atoms with Gasteiger partial charge in [-0.15, -0.1) is 0 Å². The van der Waals surface area contributed by atoms with E-state index in [1.54, 1.807) is 14.2 Å². The molecule has 1 aliphatic carbocycles. The summed E-state index contributed by atoms with van der Waals surface area (Å²) in [5.41, 5.74) is 2.39. The summed E-state index contributed by atoms with van der Waals surface area (Å²) < 4.78 is 17.4. The van der Waals surface area contributed by atoms with E-state index in [1.165, 1.54) is 11.1 Å². The second-order valence-corrected chi connectivity index (χ2v) is 8.43. The first-order chi connectivity index (χ1) is 12.2. The Kier molecular flexibility index (Phi) is 8.41. The zero-order valence-corrected chi connectivity index (χ0v) is 16.4. The minimum absolute atomic E-state index is 0.316. The molecule has 2 N–H and O–H groups in total. The van der Waals surface area contributed by atoms with Gasteiger partial charge in [0.1, 0.15) is 0 Å². The van der Waals surface area contributed by atoms with E-state index in [1.807, 2.05) is 19.1 Å². The van der Waals surface area contributed by atoms with Gasteiger partial charge in [-0.3, -0.25) is 9.20 Å². The van der Waals surface area contributed by atoms with Crippen LogP contribution in [0.5, 0.6) is 0 Å². The van der Waals surface area contributed by atoms with Gasteiger partial charge in [0.15, 0.2) is 5.96 Å². The van der Waals surface area contributed by atoms with Gasteiger partial charge in [-0.1, -0.05) is 37.6 Å². The Bertz CT molecular complexity index is 592. The van der Waals surface area contributed by atoms with Crippen LogP contribution in [0.4, 0.5) is 0 Å². The second-order valence-electron chi connectivity index (χ2n) is 6.43. The summed E-state index contributed by atoms with van der Waals surface area (Å²) in [5, 5.41) is 7.22. The molecule has 140 valence electrons. The molecule has 1 fully saturated rings. The molecule has 0 bridgehead atoms. The molecule has 25 heavy (non-hydrogen) atoms. The molecule has 0 heterocycles. The van der Waals surface area contributed by atoms with E-state index in [0.717, 1.165) is 37.4 Å². The van der Waals surface area contributed by atoms with Crippen molar-refractivity contribution < 1.29 is 8.95 Å². The smallest absolute Gasteiger partial charge is 0.191 e. The van der Waals surface area contributed by atoms with E-state index < -0.39 is 10.8 Å². The maximum Gasteiger partial charge on any atom is 0.191 e. The molecule has 5 nitrogen and oxygen atoms in total. The minimum atomic E-state index is -0.704. The number of hydrogen-bond acceptors (Lipinski definition) is 3. The number of nitrogens with one attached hydrogen (secondary N) is 2. The molecule has 0 aromatic heterocycles. The van der Waals surface area contributed by atoms with Gasteiger partial charge in [-0.25, -0.2) is 0 Å². The van der Waals surface area contributed by atoms with Crippen LogP contribution in [0, 0.1) is 0 Å². The molecule has 2 rings (SSSR count). The Morgan fingerprint density at radius 2 is 2.08 bits per heavy atom. The fourth-order valence-electron chi connectivity index (χ4n) is 3.34. The van der Waals surface area contributed by atoms with Gasteiger partial charge < -0.3 is 15.4 Å². The van der Waals surface area contributed by atoms with Crippen LogP contribution in [0.15, 0.2) is 29.3 Å². The lowest BCUT2D eigenvalue weighted by atomic mass is 9.95. The average Bonchev–Trinajstić information content (AvgIpc) is 2.66. The molecule has 0 spiro atoms. The monoisotopic (exact) mass is 365 g/mol. The van der Waals surface area contributed by atoms with Gasteiger partial charge in [-0.2, -0.15) is 0 Å². The van der Waals surface area contributed by atoms with Crippen LogP contribution < -0.4 is 10.6 Å². The maximum atomic E-state index is 12.1. The van der Waals surface area contributed by atoms with Crippen LogP contribution >= 0.6 is 0 Å². The fourth-order valence-corrected chi connectivity index (χ4v) is 4.69. The van der Waals surface area contributed by atoms with Gasteiger partial charge in [0.2, 0.25) is 0 Å². The first kappa shape index (κ1) is 19.9. The highest BCUT2D eigenvalue weighted by Crippen LogP contribution is 2.23. The molecule has 3 unspecified atom stereocenters. The predicted octanol–water partition coefficient (Wildman–Crippen LogP) is 2.58. The largest absolute Gasteiger partial charge is 0.380 e. The Morgan fingerprint density at radius 1 is 1.32 bits per heavy atom. The lowest BCUT2D eigenvalue weighted by Crippen LogP contribution is -2.46. The zero-order valence-electron chi connectivity index (χ0n) is 15.6. The van der Waals surface area contributed by atoms with Gasteiger partial charge in [0, 0.05) is 48.5 Å². The summed E-state index contributed by atoms with van der Waals surface area (Å²) in [5.74, 6) is 1.56. The fraction of sp³-hybridized carbons (Fsp3) is 0.632. The number of benzene rings is 1. The van der Waals surface area contributed by atoms with Crippen molar-refractivity contribution in [3.8, 4) is 0 Å². The summed E-state index contributed by atoms with van der Waals surface area (Å²) in [6.07, 6.45) is 4.27. The van der Waals surface area contributed by atoms with Crippen molar-refractivity contribution in [1.29, 1.82) is 0 Å². The van der Waals surface area contributed by atoms with Crippen LogP contribution in [0.2, 0.25) is 0 Å². The highest BCUT2D eigenvalue weighted by atomic mass is 32.2. The van der Waals surface area contributed by atoms with Crippen molar-refractivity contribution >= 4 is 16.8 Å². The number of nitrogens with zero attached hydrogens (tertiary/aromatic N) is 1. The molecule has 6 heteroatoms. The van der Waals surface area contributed by atoms with Crippen LogP contribution in [-0.4, -0.2) is 41.4 Å². The number of aliphatic imine (C=N–C) groups is 1. The van der Waals surface area contributed by atoms with Crippen molar-refractivity contribution in [3.63, 3.8) is 0 Å². The first-order valence-electron chi connectivity index (χ1n) is 9.08. The van der Waals surface area contributed by atoms with Gasteiger partial charge in [0.25, 0.3) is 0 Å². The van der Waals surface area contributed by atoms with Crippen LogP contribution in [0.3, 0.4) is 0 Å². The van der Waals surface area contributed by atoms with E-state index in [4.69, 9.17) is 4.74 Å². The Morgan fingerprint density at radius 3 is 2.76 bits per heavy atom. The van der Waals surface area contributed by atoms with E-state index in [-0.39, 0.29) is 0 Å². The minimum Gasteiger partial charge on any atom is -0.380 e. The summed E-state index contributed by atoms with van der Waals surface area (Å²) in [6.45, 7) is 3.32. The highest BCUT2D eigenvalue weighted by molar-refractivity contribution is 7.85. The molecule has 3 atom stereocenters. The van der Waals surface area contributed by atoms with Crippen LogP contribution in [0.1, 0.15) is 43.7 Å². The normalized spacial score (nSPS) is 22.4. The lowest BCUT2D eigenvalue weighted by molar-refractivity contribution is 0.184. The number of guanidine groups is 1. The van der Waals surface area contributed by atoms with Crippen LogP contribution in [-0.2, 0) is 28.7 Å². The van der Waals surface area contributed by atoms with E-state index in [0.29, 0.717) is 24.4 Å². The summed E-state index contributed by atoms with van der Waals surface area (Å²) >= 11 is 0. The predicted molar refractivity (Wildman–Crippen MR) is 105 cm³/mol. The molecular weight excluding hydrogens is 334 g/mol. The molecule has 0 saturated heterocycles. The van der Waals surface area contributed by atoms with Crippen molar-refractivity contribution in [2.75, 3.05) is 19.9 Å². The molecule has 1 aliphatic rings. The van der Waals surface area contributed by atoms with Crippen molar-refractivity contribution in [2.24, 2.45) is 4.99 Å².